The molecule has 5 nitrogen and oxygen atoms in total. The number of β-amino-alcohol motifs (C(OH)–C–C–N with tert-alkyl or cyclic N) is 1. The third kappa shape index (κ3) is 2.47. The van der Waals surface area contributed by atoms with Gasteiger partial charge in [0.1, 0.15) is 17.8 Å². The van der Waals surface area contributed by atoms with Crippen LogP contribution in [-0.4, -0.2) is 28.5 Å². The van der Waals surface area contributed by atoms with Crippen molar-refractivity contribution in [2.45, 2.75) is 18.4 Å². The topological polar surface area (TPSA) is 86.6 Å². The maximum atomic E-state index is 11.5. The highest BCUT2D eigenvalue weighted by molar-refractivity contribution is 6.30. The molecule has 1 heterocycles. The van der Waals surface area contributed by atoms with Gasteiger partial charge in [-0.15, -0.1) is 0 Å². The Bertz CT molecular complexity index is 517. The van der Waals surface area contributed by atoms with E-state index in [0.717, 1.165) is 0 Å². The van der Waals surface area contributed by atoms with Crippen molar-refractivity contribution in [2.24, 2.45) is 0 Å². The molecule has 1 aromatic rings. The molecule has 1 aromatic carbocycles. The molecule has 0 spiro atoms. The fourth-order valence-corrected chi connectivity index (χ4v) is 2.28. The van der Waals surface area contributed by atoms with Crippen molar-refractivity contribution in [3.63, 3.8) is 0 Å². The van der Waals surface area contributed by atoms with E-state index < -0.39 is 23.8 Å². The molecule has 0 radical (unpaired) electrons. The molecule has 1 aliphatic rings. The molecule has 0 saturated heterocycles. The van der Waals surface area contributed by atoms with Gasteiger partial charge in [0.2, 0.25) is 0 Å². The van der Waals surface area contributed by atoms with Crippen LogP contribution in [0.4, 0.5) is 5.69 Å². The third-order valence-corrected chi connectivity index (χ3v) is 3.13. The molecule has 0 fully saturated rings. The Morgan fingerprint density at radius 3 is 2.83 bits per heavy atom. The van der Waals surface area contributed by atoms with Gasteiger partial charge in [0, 0.05) is 29.2 Å². The lowest BCUT2D eigenvalue weighted by molar-refractivity contribution is -0.141. The number of carbonyl (C=O) groups is 2. The molecule has 0 bridgehead atoms. The second-order valence-corrected chi connectivity index (χ2v) is 4.80. The summed E-state index contributed by atoms with van der Waals surface area (Å²) >= 11 is 5.85. The maximum absolute atomic E-state index is 11.5. The number of carboxylic acid groups (broad SMARTS) is 1. The number of hydrogen-bond donors (Lipinski definition) is 3. The van der Waals surface area contributed by atoms with E-state index in [1.165, 1.54) is 0 Å². The van der Waals surface area contributed by atoms with Crippen LogP contribution in [0.3, 0.4) is 0 Å². The van der Waals surface area contributed by atoms with E-state index >= 15 is 0 Å². The molecule has 0 aliphatic carbocycles. The Morgan fingerprint density at radius 2 is 2.17 bits per heavy atom. The zero-order chi connectivity index (χ0) is 13.3. The summed E-state index contributed by atoms with van der Waals surface area (Å²) in [6, 6.07) is 4.99. The van der Waals surface area contributed by atoms with E-state index in [1.54, 1.807) is 18.2 Å². The molecule has 0 aromatic heterocycles. The molecule has 2 rings (SSSR count). The van der Waals surface area contributed by atoms with Crippen LogP contribution in [-0.2, 0) is 15.2 Å². The molecule has 18 heavy (non-hydrogen) atoms. The molecular formula is C12H12ClNO4. The minimum absolute atomic E-state index is 0.175. The van der Waals surface area contributed by atoms with Gasteiger partial charge in [-0.1, -0.05) is 11.6 Å². The fourth-order valence-electron chi connectivity index (χ4n) is 2.11. The highest BCUT2D eigenvalue weighted by atomic mass is 35.5. The van der Waals surface area contributed by atoms with Crippen LogP contribution in [0.15, 0.2) is 18.2 Å². The SMILES string of the molecule is O=C(O)CC(=O)CC1(O)CNc2ccc(Cl)cc21. The zero-order valence-corrected chi connectivity index (χ0v) is 10.2. The molecule has 0 saturated carbocycles. The lowest BCUT2D eigenvalue weighted by Gasteiger charge is -2.21. The summed E-state index contributed by atoms with van der Waals surface area (Å²) in [6.45, 7) is 0.175. The van der Waals surface area contributed by atoms with Gasteiger partial charge in [-0.25, -0.2) is 0 Å². The van der Waals surface area contributed by atoms with Gasteiger partial charge in [-0.3, -0.25) is 9.59 Å². The van der Waals surface area contributed by atoms with E-state index in [0.29, 0.717) is 16.3 Å². The van der Waals surface area contributed by atoms with E-state index in [4.69, 9.17) is 16.7 Å². The van der Waals surface area contributed by atoms with Crippen molar-refractivity contribution in [3.8, 4) is 0 Å². The number of aliphatic hydroxyl groups is 1. The average Bonchev–Trinajstić information content (AvgIpc) is 2.55. The first-order chi connectivity index (χ1) is 8.40. The normalized spacial score (nSPS) is 21.2. The number of aliphatic carboxylic acids is 1. The predicted octanol–water partition coefficient (Wildman–Crippen LogP) is 1.39. The maximum Gasteiger partial charge on any atom is 0.310 e. The summed E-state index contributed by atoms with van der Waals surface area (Å²) < 4.78 is 0. The van der Waals surface area contributed by atoms with Gasteiger partial charge in [0.25, 0.3) is 0 Å². The van der Waals surface area contributed by atoms with Gasteiger partial charge in [-0.2, -0.15) is 0 Å². The number of ketones is 1. The summed E-state index contributed by atoms with van der Waals surface area (Å²) in [7, 11) is 0. The quantitative estimate of drug-likeness (QED) is 0.719. The number of carbonyl (C=O) groups excluding carboxylic acids is 1. The second-order valence-electron chi connectivity index (χ2n) is 4.36. The second kappa shape index (κ2) is 4.59. The van der Waals surface area contributed by atoms with Crippen LogP contribution in [0.1, 0.15) is 18.4 Å². The summed E-state index contributed by atoms with van der Waals surface area (Å²) in [4.78, 5) is 22.0. The van der Waals surface area contributed by atoms with Crippen LogP contribution < -0.4 is 5.32 Å². The van der Waals surface area contributed by atoms with Crippen LogP contribution in [0.5, 0.6) is 0 Å². The Balaban J connectivity index is 2.22. The van der Waals surface area contributed by atoms with Crippen molar-refractivity contribution < 1.29 is 19.8 Å². The van der Waals surface area contributed by atoms with Crippen LogP contribution in [0.2, 0.25) is 5.02 Å². The largest absolute Gasteiger partial charge is 0.481 e. The van der Waals surface area contributed by atoms with Gasteiger partial charge < -0.3 is 15.5 Å². The lowest BCUT2D eigenvalue weighted by Crippen LogP contribution is -2.31. The number of rotatable bonds is 4. The predicted molar refractivity (Wildman–Crippen MR) is 65.7 cm³/mol. The summed E-state index contributed by atoms with van der Waals surface area (Å²) in [6.07, 6.45) is -0.822. The highest BCUT2D eigenvalue weighted by Crippen LogP contribution is 2.38. The van der Waals surface area contributed by atoms with E-state index in [2.05, 4.69) is 5.32 Å². The van der Waals surface area contributed by atoms with Crippen LogP contribution in [0, 0.1) is 0 Å². The smallest absolute Gasteiger partial charge is 0.310 e. The molecule has 3 N–H and O–H groups in total. The Morgan fingerprint density at radius 1 is 1.44 bits per heavy atom. The highest BCUT2D eigenvalue weighted by Gasteiger charge is 2.39. The van der Waals surface area contributed by atoms with E-state index in [-0.39, 0.29) is 13.0 Å². The van der Waals surface area contributed by atoms with E-state index in [1.807, 2.05) is 0 Å². The van der Waals surface area contributed by atoms with Crippen LogP contribution in [0.25, 0.3) is 0 Å². The monoisotopic (exact) mass is 269 g/mol. The molecule has 1 atom stereocenters. The standard InChI is InChI=1S/C12H12ClNO4/c13-7-1-2-10-9(3-7)12(18,6-14-10)5-8(15)4-11(16)17/h1-3,14,18H,4-6H2,(H,16,17). The van der Waals surface area contributed by atoms with Crippen molar-refractivity contribution in [2.75, 3.05) is 11.9 Å². The number of hydrogen-bond acceptors (Lipinski definition) is 4. The Labute approximate surface area is 108 Å². The number of Topliss-reactive ketones (excluding diaryl/α,β-unsaturated/α-hetero) is 1. The summed E-state index contributed by atoms with van der Waals surface area (Å²) in [5.74, 6) is -1.71. The van der Waals surface area contributed by atoms with Crippen molar-refractivity contribution in [3.05, 3.63) is 28.8 Å². The molecule has 96 valence electrons. The number of carboxylic acids is 1. The van der Waals surface area contributed by atoms with Crippen LogP contribution >= 0.6 is 11.6 Å². The number of fused-ring (bicyclic) bond motifs is 1. The number of benzene rings is 1. The van der Waals surface area contributed by atoms with Gasteiger partial charge in [0.15, 0.2) is 0 Å². The molecule has 1 unspecified atom stereocenters. The molecule has 1 aliphatic heterocycles. The average molecular weight is 270 g/mol. The van der Waals surface area contributed by atoms with Gasteiger partial charge >= 0.3 is 5.97 Å². The lowest BCUT2D eigenvalue weighted by atomic mass is 9.90. The first-order valence-electron chi connectivity index (χ1n) is 5.40. The van der Waals surface area contributed by atoms with E-state index in [9.17, 15) is 14.7 Å². The van der Waals surface area contributed by atoms with Crippen molar-refractivity contribution in [1.82, 2.24) is 0 Å². The Kier molecular flexibility index (Phi) is 3.28. The van der Waals surface area contributed by atoms with Gasteiger partial charge in [-0.05, 0) is 18.2 Å². The summed E-state index contributed by atoms with van der Waals surface area (Å²) in [5, 5.41) is 22.4. The summed E-state index contributed by atoms with van der Waals surface area (Å²) in [5.41, 5.74) is -0.133. The minimum atomic E-state index is -1.38. The minimum Gasteiger partial charge on any atom is -0.481 e. The third-order valence-electron chi connectivity index (χ3n) is 2.89. The first kappa shape index (κ1) is 12.9. The molecule has 6 heteroatoms. The fraction of sp³-hybridized carbons (Fsp3) is 0.333. The Hall–Kier alpha value is -1.59. The number of halogens is 1. The number of nitrogens with one attached hydrogen (secondary N) is 1. The van der Waals surface area contributed by atoms with Gasteiger partial charge in [0.05, 0.1) is 0 Å². The zero-order valence-electron chi connectivity index (χ0n) is 9.44. The molecule has 0 amide bonds. The van der Waals surface area contributed by atoms with Crippen molar-refractivity contribution in [1.29, 1.82) is 0 Å². The van der Waals surface area contributed by atoms with Crippen molar-refractivity contribution >= 4 is 29.0 Å². The first-order valence-corrected chi connectivity index (χ1v) is 5.78. The number of anilines is 1. The molecular weight excluding hydrogens is 258 g/mol.